The maximum atomic E-state index is 12.2. The number of hydrogen-bond donors (Lipinski definition) is 2. The molecule has 0 saturated heterocycles. The zero-order valence-electron chi connectivity index (χ0n) is 14.9. The predicted octanol–water partition coefficient (Wildman–Crippen LogP) is 4.29. The molecule has 0 aliphatic heterocycles. The van der Waals surface area contributed by atoms with Crippen molar-refractivity contribution < 1.29 is 14.3 Å². The van der Waals surface area contributed by atoms with E-state index < -0.39 is 17.9 Å². The van der Waals surface area contributed by atoms with Gasteiger partial charge in [0, 0.05) is 11.3 Å². The number of carbonyl (C=O) groups is 2. The maximum absolute atomic E-state index is 12.2. The molecule has 2 N–H and O–H groups in total. The lowest BCUT2D eigenvalue weighted by atomic mass is 10.1. The second-order valence-corrected chi connectivity index (χ2v) is 5.97. The largest absolute Gasteiger partial charge is 0.457 e. The molecule has 5 nitrogen and oxygen atoms in total. The van der Waals surface area contributed by atoms with Crippen LogP contribution < -0.4 is 15.4 Å². The van der Waals surface area contributed by atoms with Gasteiger partial charge in [0.25, 0.3) is 0 Å². The van der Waals surface area contributed by atoms with E-state index in [1.807, 2.05) is 60.7 Å². The summed E-state index contributed by atoms with van der Waals surface area (Å²) in [5.41, 5.74) is 1.35. The minimum Gasteiger partial charge on any atom is -0.457 e. The van der Waals surface area contributed by atoms with E-state index >= 15 is 0 Å². The van der Waals surface area contributed by atoms with Crippen LogP contribution in [0, 0.1) is 0 Å². The highest BCUT2D eigenvalue weighted by molar-refractivity contribution is 6.39. The van der Waals surface area contributed by atoms with Gasteiger partial charge >= 0.3 is 11.8 Å². The predicted molar refractivity (Wildman–Crippen MR) is 105 cm³/mol. The van der Waals surface area contributed by atoms with Gasteiger partial charge in [-0.15, -0.1) is 0 Å². The van der Waals surface area contributed by atoms with Gasteiger partial charge in [-0.1, -0.05) is 54.6 Å². The minimum atomic E-state index is -0.713. The average molecular weight is 360 g/mol. The second-order valence-electron chi connectivity index (χ2n) is 5.97. The van der Waals surface area contributed by atoms with E-state index in [-0.39, 0.29) is 0 Å². The standard InChI is InChI=1S/C22H20N2O3/c1-16(23-21(25)22(26)24-17-10-4-2-5-11-17)19-14-8-9-15-20(19)27-18-12-6-3-7-13-18/h2-16H,1H3,(H,23,25)(H,24,26). The fraction of sp³-hybridized carbons (Fsp3) is 0.0909. The van der Waals surface area contributed by atoms with Crippen LogP contribution in [-0.2, 0) is 9.59 Å². The van der Waals surface area contributed by atoms with Gasteiger partial charge in [-0.25, -0.2) is 0 Å². The van der Waals surface area contributed by atoms with Crippen LogP contribution in [0.15, 0.2) is 84.9 Å². The Morgan fingerprint density at radius 1 is 0.778 bits per heavy atom. The summed E-state index contributed by atoms with van der Waals surface area (Å²) in [5.74, 6) is -0.0966. The Hall–Kier alpha value is -3.60. The molecule has 1 atom stereocenters. The van der Waals surface area contributed by atoms with Crippen molar-refractivity contribution in [1.29, 1.82) is 0 Å². The zero-order chi connectivity index (χ0) is 19.1. The quantitative estimate of drug-likeness (QED) is 0.667. The first-order valence-electron chi connectivity index (χ1n) is 8.62. The molecule has 0 aliphatic rings. The molecule has 5 heteroatoms. The number of nitrogens with one attached hydrogen (secondary N) is 2. The molecule has 0 aliphatic carbocycles. The van der Waals surface area contributed by atoms with Crippen molar-refractivity contribution in [2.24, 2.45) is 0 Å². The summed E-state index contributed by atoms with van der Waals surface area (Å²) < 4.78 is 5.92. The van der Waals surface area contributed by atoms with Crippen molar-refractivity contribution in [3.8, 4) is 11.5 Å². The average Bonchev–Trinajstić information content (AvgIpc) is 2.70. The van der Waals surface area contributed by atoms with Gasteiger partial charge in [0.1, 0.15) is 11.5 Å². The highest BCUT2D eigenvalue weighted by atomic mass is 16.5. The van der Waals surface area contributed by atoms with Crippen LogP contribution in [-0.4, -0.2) is 11.8 Å². The molecular formula is C22H20N2O3. The lowest BCUT2D eigenvalue weighted by Gasteiger charge is -2.18. The van der Waals surface area contributed by atoms with Gasteiger partial charge in [-0.2, -0.15) is 0 Å². The third kappa shape index (κ3) is 4.95. The Bertz CT molecular complexity index is 911. The Balaban J connectivity index is 1.68. The van der Waals surface area contributed by atoms with E-state index in [4.69, 9.17) is 4.74 Å². The summed E-state index contributed by atoms with van der Waals surface area (Å²) >= 11 is 0. The van der Waals surface area contributed by atoms with Crippen LogP contribution in [0.4, 0.5) is 5.69 Å². The highest BCUT2D eigenvalue weighted by Crippen LogP contribution is 2.29. The smallest absolute Gasteiger partial charge is 0.313 e. The van der Waals surface area contributed by atoms with Gasteiger partial charge in [0.05, 0.1) is 6.04 Å². The molecule has 3 aromatic carbocycles. The van der Waals surface area contributed by atoms with Crippen LogP contribution >= 0.6 is 0 Å². The number of hydrogen-bond acceptors (Lipinski definition) is 3. The van der Waals surface area contributed by atoms with Gasteiger partial charge < -0.3 is 15.4 Å². The van der Waals surface area contributed by atoms with E-state index in [0.717, 1.165) is 5.56 Å². The highest BCUT2D eigenvalue weighted by Gasteiger charge is 2.19. The van der Waals surface area contributed by atoms with Crippen LogP contribution in [0.5, 0.6) is 11.5 Å². The molecule has 2 amide bonds. The van der Waals surface area contributed by atoms with E-state index in [9.17, 15) is 9.59 Å². The summed E-state index contributed by atoms with van der Waals surface area (Å²) in [6.07, 6.45) is 0. The first kappa shape index (κ1) is 18.2. The molecule has 0 fully saturated rings. The lowest BCUT2D eigenvalue weighted by molar-refractivity contribution is -0.136. The number of amides is 2. The van der Waals surface area contributed by atoms with Gasteiger partial charge in [0.2, 0.25) is 0 Å². The van der Waals surface area contributed by atoms with Crippen molar-refractivity contribution in [2.75, 3.05) is 5.32 Å². The molecule has 0 aromatic heterocycles. The number of para-hydroxylation sites is 3. The molecule has 0 heterocycles. The second kappa shape index (κ2) is 8.67. The molecule has 3 aromatic rings. The normalized spacial score (nSPS) is 11.3. The Morgan fingerprint density at radius 2 is 1.37 bits per heavy atom. The number of benzene rings is 3. The van der Waals surface area contributed by atoms with Crippen molar-refractivity contribution in [2.45, 2.75) is 13.0 Å². The molecule has 0 radical (unpaired) electrons. The molecule has 0 bridgehead atoms. The molecule has 0 saturated carbocycles. The number of ether oxygens (including phenoxy) is 1. The third-order valence-electron chi connectivity index (χ3n) is 3.94. The number of anilines is 1. The van der Waals surface area contributed by atoms with Crippen LogP contribution in [0.2, 0.25) is 0 Å². The van der Waals surface area contributed by atoms with Crippen molar-refractivity contribution >= 4 is 17.5 Å². The monoisotopic (exact) mass is 360 g/mol. The molecule has 3 rings (SSSR count). The molecule has 136 valence electrons. The summed E-state index contributed by atoms with van der Waals surface area (Å²) in [5, 5.41) is 5.28. The Kier molecular flexibility index (Phi) is 5.84. The fourth-order valence-corrected chi connectivity index (χ4v) is 2.60. The van der Waals surface area contributed by atoms with Crippen molar-refractivity contribution in [1.82, 2.24) is 5.32 Å². The van der Waals surface area contributed by atoms with Gasteiger partial charge in [-0.3, -0.25) is 9.59 Å². The topological polar surface area (TPSA) is 67.4 Å². The maximum Gasteiger partial charge on any atom is 0.313 e. The fourth-order valence-electron chi connectivity index (χ4n) is 2.60. The van der Waals surface area contributed by atoms with E-state index in [0.29, 0.717) is 17.2 Å². The minimum absolute atomic E-state index is 0.404. The molecular weight excluding hydrogens is 340 g/mol. The lowest BCUT2D eigenvalue weighted by Crippen LogP contribution is -2.37. The Morgan fingerprint density at radius 3 is 2.07 bits per heavy atom. The molecule has 27 heavy (non-hydrogen) atoms. The van der Waals surface area contributed by atoms with Gasteiger partial charge in [-0.05, 0) is 37.3 Å². The van der Waals surface area contributed by atoms with E-state index in [1.54, 1.807) is 31.2 Å². The zero-order valence-corrected chi connectivity index (χ0v) is 14.9. The van der Waals surface area contributed by atoms with E-state index in [2.05, 4.69) is 10.6 Å². The third-order valence-corrected chi connectivity index (χ3v) is 3.94. The Labute approximate surface area is 158 Å². The first-order chi connectivity index (χ1) is 13.1. The van der Waals surface area contributed by atoms with Gasteiger partial charge in [0.15, 0.2) is 0 Å². The summed E-state index contributed by atoms with van der Waals surface area (Å²) in [7, 11) is 0. The van der Waals surface area contributed by atoms with Crippen molar-refractivity contribution in [3.63, 3.8) is 0 Å². The number of rotatable bonds is 5. The van der Waals surface area contributed by atoms with Crippen LogP contribution in [0.25, 0.3) is 0 Å². The molecule has 0 spiro atoms. The summed E-state index contributed by atoms with van der Waals surface area (Å²) in [4.78, 5) is 24.3. The van der Waals surface area contributed by atoms with Crippen LogP contribution in [0.3, 0.4) is 0 Å². The summed E-state index contributed by atoms with van der Waals surface area (Å²) in [6.45, 7) is 1.81. The van der Waals surface area contributed by atoms with E-state index in [1.165, 1.54) is 0 Å². The van der Waals surface area contributed by atoms with Crippen molar-refractivity contribution in [3.05, 3.63) is 90.5 Å². The SMILES string of the molecule is CC(NC(=O)C(=O)Nc1ccccc1)c1ccccc1Oc1ccccc1. The van der Waals surface area contributed by atoms with Crippen LogP contribution in [0.1, 0.15) is 18.5 Å². The number of carbonyl (C=O) groups excluding carboxylic acids is 2. The summed E-state index contributed by atoms with van der Waals surface area (Å²) in [6, 6.07) is 25.2. The molecule has 1 unspecified atom stereocenters. The first-order valence-corrected chi connectivity index (χ1v) is 8.62.